The summed E-state index contributed by atoms with van der Waals surface area (Å²) < 4.78 is 0. The van der Waals surface area contributed by atoms with Gasteiger partial charge in [-0.05, 0) is 166 Å². The van der Waals surface area contributed by atoms with Crippen molar-refractivity contribution in [3.8, 4) is 44.5 Å². The first-order valence-corrected chi connectivity index (χ1v) is 35.2. The van der Waals surface area contributed by atoms with Crippen molar-refractivity contribution < 1.29 is 0 Å². The van der Waals surface area contributed by atoms with Gasteiger partial charge < -0.3 is 0 Å². The van der Waals surface area contributed by atoms with Crippen LogP contribution in [0.25, 0.3) is 110 Å². The Bertz CT molecular complexity index is 4880. The van der Waals surface area contributed by atoms with E-state index in [-0.39, 0.29) is 5.92 Å². The van der Waals surface area contributed by atoms with Crippen molar-refractivity contribution in [3.63, 3.8) is 0 Å². The number of fused-ring (bicyclic) bond motifs is 2. The minimum Gasteiger partial charge on any atom is -0.0753 e. The van der Waals surface area contributed by atoms with Crippen molar-refractivity contribution in [2.75, 3.05) is 0 Å². The van der Waals surface area contributed by atoms with Gasteiger partial charge in [-0.25, -0.2) is 0 Å². The number of allylic oxidation sites excluding steroid dienone is 7. The van der Waals surface area contributed by atoms with Gasteiger partial charge in [0.2, 0.25) is 0 Å². The van der Waals surface area contributed by atoms with Gasteiger partial charge in [0.05, 0.1) is 0 Å². The summed E-state index contributed by atoms with van der Waals surface area (Å²) in [5.74, 6) is 0.273. The zero-order valence-corrected chi connectivity index (χ0v) is 48.8. The maximum absolute atomic E-state index is 2.56. The van der Waals surface area contributed by atoms with E-state index in [1.54, 1.807) is 0 Å². The fraction of sp³-hybridized carbons (Fsp3) is 0.0750. The molecule has 0 radical (unpaired) electrons. The van der Waals surface area contributed by atoms with Crippen molar-refractivity contribution in [2.45, 2.75) is 38.5 Å². The van der Waals surface area contributed by atoms with E-state index in [0.29, 0.717) is 0 Å². The molecule has 0 amide bonds. The molecule has 82 heavy (non-hydrogen) atoms. The van der Waals surface area contributed by atoms with Gasteiger partial charge in [0.15, 0.2) is 0 Å². The van der Waals surface area contributed by atoms with Gasteiger partial charge in [0, 0.05) is 5.92 Å². The molecule has 1 atom stereocenters. The van der Waals surface area contributed by atoms with Gasteiger partial charge in [0.25, 0.3) is 0 Å². The Morgan fingerprint density at radius 1 is 0.366 bits per heavy atom. The standard InChI is InChI=1S/C80H60Si2/c1-81(2,73-47-36-58-32-43-67-63(52-19-10-6-11-20-52)42-31-57-34-46-69(73)79(58)78(57)67)61-38-27-55(28-39-61)75-64-24-14-15-25-65(64)76(72-49-59(35-44-68(72)75)51-17-8-5-9-18-51)56-29-40-62(41-30-56)82(3,4)74-48-37-60-50-71(53-21-12-7-13-22-53)66-26-16-23-54-33-45-70(74)80(60)77(54)66/h5-31,33-50,78H,32H2,1-4H3. The van der Waals surface area contributed by atoms with Gasteiger partial charge >= 0.3 is 0 Å². The quantitative estimate of drug-likeness (QED) is 0.0768. The lowest BCUT2D eigenvalue weighted by atomic mass is 9.68. The topological polar surface area (TPSA) is 0 Å². The van der Waals surface area contributed by atoms with E-state index in [1.807, 2.05) is 0 Å². The minimum absolute atomic E-state index is 0.273. The molecule has 3 aliphatic carbocycles. The second kappa shape index (κ2) is 18.7. The number of hydrogen-bond donors (Lipinski definition) is 0. The lowest BCUT2D eigenvalue weighted by Gasteiger charge is -2.38. The average Bonchev–Trinajstić information content (AvgIpc) is 2.45. The average molecular weight is 1080 g/mol. The van der Waals surface area contributed by atoms with Crippen molar-refractivity contribution in [2.24, 2.45) is 0 Å². The van der Waals surface area contributed by atoms with Gasteiger partial charge in [0.1, 0.15) is 16.1 Å². The highest BCUT2D eigenvalue weighted by molar-refractivity contribution is 7.02. The molecule has 3 aliphatic rings. The first kappa shape index (κ1) is 48.7. The molecular weight excluding hydrogens is 1020 g/mol. The van der Waals surface area contributed by atoms with Crippen LogP contribution in [0, 0.1) is 0 Å². The summed E-state index contributed by atoms with van der Waals surface area (Å²) in [7, 11) is -4.45. The molecule has 0 saturated carbocycles. The summed E-state index contributed by atoms with van der Waals surface area (Å²) in [6, 6.07) is 92.4. The first-order valence-electron chi connectivity index (χ1n) is 29.2. The van der Waals surface area contributed by atoms with Crippen LogP contribution in [0.4, 0.5) is 0 Å². The predicted molar refractivity (Wildman–Crippen MR) is 359 cm³/mol. The Morgan fingerprint density at radius 2 is 0.915 bits per heavy atom. The molecule has 0 nitrogen and oxygen atoms in total. The summed E-state index contributed by atoms with van der Waals surface area (Å²) in [6.07, 6.45) is 13.0. The highest BCUT2D eigenvalue weighted by Crippen LogP contribution is 2.51. The molecule has 0 N–H and O–H groups in total. The Morgan fingerprint density at radius 3 is 1.61 bits per heavy atom. The second-order valence-corrected chi connectivity index (χ2v) is 32.9. The number of rotatable bonds is 9. The monoisotopic (exact) mass is 1080 g/mol. The summed E-state index contributed by atoms with van der Waals surface area (Å²) in [4.78, 5) is 0. The lowest BCUT2D eigenvalue weighted by molar-refractivity contribution is 0.900. The number of benzene rings is 13. The molecule has 0 saturated heterocycles. The van der Waals surface area contributed by atoms with Crippen LogP contribution < -0.4 is 20.7 Å². The van der Waals surface area contributed by atoms with E-state index in [1.165, 1.54) is 158 Å². The van der Waals surface area contributed by atoms with Crippen molar-refractivity contribution in [1.29, 1.82) is 0 Å². The fourth-order valence-electron chi connectivity index (χ4n) is 14.9. The van der Waals surface area contributed by atoms with Crippen molar-refractivity contribution in [3.05, 3.63) is 300 Å². The van der Waals surface area contributed by atoms with Crippen molar-refractivity contribution in [1.82, 2.24) is 0 Å². The predicted octanol–water partition coefficient (Wildman–Crippen LogP) is 18.8. The Hall–Kier alpha value is -9.19. The Kier molecular flexibility index (Phi) is 11.1. The van der Waals surface area contributed by atoms with Crippen LogP contribution in [-0.2, 0) is 6.42 Å². The molecule has 13 aromatic rings. The molecule has 0 spiro atoms. The maximum atomic E-state index is 2.56. The molecule has 0 bridgehead atoms. The molecule has 13 aromatic carbocycles. The largest absolute Gasteiger partial charge is 0.113 e. The third kappa shape index (κ3) is 7.48. The van der Waals surface area contributed by atoms with E-state index in [0.717, 1.165) is 6.42 Å². The van der Waals surface area contributed by atoms with Gasteiger partial charge in [-0.2, -0.15) is 0 Å². The first-order chi connectivity index (χ1) is 40.2. The molecule has 16 rings (SSSR count). The van der Waals surface area contributed by atoms with Gasteiger partial charge in [-0.1, -0.05) is 297 Å². The van der Waals surface area contributed by atoms with E-state index < -0.39 is 16.1 Å². The van der Waals surface area contributed by atoms with Gasteiger partial charge in [-0.15, -0.1) is 0 Å². The van der Waals surface area contributed by atoms with Crippen molar-refractivity contribution >= 4 is 102 Å². The van der Waals surface area contributed by atoms with Crippen LogP contribution in [0.2, 0.25) is 26.2 Å². The molecule has 0 aliphatic heterocycles. The van der Waals surface area contributed by atoms with E-state index in [4.69, 9.17) is 0 Å². The molecule has 1 unspecified atom stereocenters. The third-order valence-electron chi connectivity index (χ3n) is 19.1. The van der Waals surface area contributed by atoms with E-state index in [9.17, 15) is 0 Å². The zero-order chi connectivity index (χ0) is 54.8. The second-order valence-electron chi connectivity index (χ2n) is 24.2. The third-order valence-corrected chi connectivity index (χ3v) is 26.2. The van der Waals surface area contributed by atoms with Crippen LogP contribution in [0.3, 0.4) is 0 Å². The molecule has 388 valence electrons. The summed E-state index contributed by atoms with van der Waals surface area (Å²) in [5.41, 5.74) is 20.0. The highest BCUT2D eigenvalue weighted by Gasteiger charge is 2.38. The minimum atomic E-state index is -2.24. The Balaban J connectivity index is 0.790. The molecule has 0 heterocycles. The zero-order valence-electron chi connectivity index (χ0n) is 46.8. The SMILES string of the molecule is C[Si](C)(c1ccc(-c2c3ccccc3c(-c3ccc([Si](C)(C)c4ccc5cc(-c6ccccc6)c6cccc7ccc4c5c76)cc3)c3cc(-c4ccccc4)ccc23)cc1)c1ccc2c3c1C=CC1=CC=C(c4ccccc4)C(=CC2)C13. The van der Waals surface area contributed by atoms with E-state index >= 15 is 0 Å². The molecule has 0 fully saturated rings. The lowest BCUT2D eigenvalue weighted by Crippen LogP contribution is -2.54. The van der Waals surface area contributed by atoms with Crippen LogP contribution in [0.5, 0.6) is 0 Å². The Labute approximate surface area is 482 Å². The fourth-order valence-corrected chi connectivity index (χ4v) is 20.3. The van der Waals surface area contributed by atoms with E-state index in [2.05, 4.69) is 299 Å². The molecule has 2 heteroatoms. The summed E-state index contributed by atoms with van der Waals surface area (Å²) >= 11 is 0. The molecule has 0 aromatic heterocycles. The normalized spacial score (nSPS) is 14.8. The maximum Gasteiger partial charge on any atom is 0.113 e. The molecular formula is C80H60Si2. The van der Waals surface area contributed by atoms with Crippen LogP contribution >= 0.6 is 0 Å². The van der Waals surface area contributed by atoms with Crippen LogP contribution in [-0.4, -0.2) is 16.1 Å². The smallest absolute Gasteiger partial charge is 0.0753 e. The number of hydrogen-bond acceptors (Lipinski definition) is 0. The summed E-state index contributed by atoms with van der Waals surface area (Å²) in [5, 5.41) is 19.0. The van der Waals surface area contributed by atoms with Crippen LogP contribution in [0.15, 0.2) is 278 Å². The van der Waals surface area contributed by atoms with Gasteiger partial charge in [-0.3, -0.25) is 0 Å². The van der Waals surface area contributed by atoms with Crippen LogP contribution in [0.1, 0.15) is 28.2 Å². The highest BCUT2D eigenvalue weighted by atomic mass is 28.3. The summed E-state index contributed by atoms with van der Waals surface area (Å²) in [6.45, 7) is 10.2.